The number of anilines is 1. The first kappa shape index (κ1) is 36.3. The van der Waals surface area contributed by atoms with Crippen LogP contribution in [0.25, 0.3) is 10.4 Å². The number of rotatable bonds is 16. The predicted molar refractivity (Wildman–Crippen MR) is 179 cm³/mol. The normalized spacial score (nSPS) is 16.4. The van der Waals surface area contributed by atoms with Gasteiger partial charge in [0.15, 0.2) is 0 Å². The lowest BCUT2D eigenvalue weighted by Crippen LogP contribution is -2.43. The second kappa shape index (κ2) is 17.6. The highest BCUT2D eigenvalue weighted by atomic mass is 35.5. The van der Waals surface area contributed by atoms with E-state index in [4.69, 9.17) is 16.3 Å². The minimum absolute atomic E-state index is 0.0328. The number of hydrogen-bond acceptors (Lipinski definition) is 7. The molecular weight excluding hydrogens is 647 g/mol. The quantitative estimate of drug-likeness (QED) is 0.0875. The third-order valence-electron chi connectivity index (χ3n) is 8.13. The Kier molecular flexibility index (Phi) is 13.6. The maximum Gasteiger partial charge on any atom is 0.240 e. The van der Waals surface area contributed by atoms with Crippen LogP contribution in [0.5, 0.6) is 0 Å². The Bertz CT molecular complexity index is 1620. The van der Waals surface area contributed by atoms with Gasteiger partial charge in [-0.15, -0.1) is 0 Å². The summed E-state index contributed by atoms with van der Waals surface area (Å²) in [4.78, 5) is 16.9. The third-order valence-corrected chi connectivity index (χ3v) is 9.92. The monoisotopic (exact) mass is 686 g/mol. The molecule has 0 aliphatic carbocycles. The number of hydrogen-bond donors (Lipinski definition) is 4. The average Bonchev–Trinajstić information content (AvgIpc) is 3.05. The Morgan fingerprint density at radius 1 is 1.09 bits per heavy atom. The molecule has 1 aliphatic heterocycles. The molecule has 3 aromatic carbocycles. The van der Waals surface area contributed by atoms with Gasteiger partial charge in [-0.05, 0) is 97.6 Å². The molecule has 0 aromatic heterocycles. The minimum Gasteiger partial charge on any atom is -0.392 e. The van der Waals surface area contributed by atoms with Crippen molar-refractivity contribution in [1.82, 2.24) is 10.0 Å². The highest BCUT2D eigenvalue weighted by Crippen LogP contribution is 2.37. The van der Waals surface area contributed by atoms with Crippen LogP contribution in [0.4, 0.5) is 10.1 Å². The van der Waals surface area contributed by atoms with Gasteiger partial charge in [-0.1, -0.05) is 47.0 Å². The molecule has 1 amide bonds. The van der Waals surface area contributed by atoms with Gasteiger partial charge in [0.2, 0.25) is 15.9 Å². The van der Waals surface area contributed by atoms with Crippen molar-refractivity contribution in [2.75, 3.05) is 31.6 Å². The number of benzene rings is 3. The van der Waals surface area contributed by atoms with Gasteiger partial charge in [0, 0.05) is 53.9 Å². The number of carbonyl (C=O) groups is 1. The molecule has 252 valence electrons. The average molecular weight is 687 g/mol. The number of aryl methyl sites for hydroxylation is 1. The fraction of sp³-hybridized carbons (Fsp3) is 0.424. The zero-order valence-electron chi connectivity index (χ0n) is 26.1. The largest absolute Gasteiger partial charge is 0.392 e. The fourth-order valence-electron chi connectivity index (χ4n) is 5.78. The molecule has 3 aromatic rings. The van der Waals surface area contributed by atoms with Crippen LogP contribution in [0.15, 0.2) is 82.8 Å². The molecule has 0 unspecified atom stereocenters. The molecule has 4 atom stereocenters. The number of nitrogens with zero attached hydrogens (tertiary/aromatic N) is 3. The number of para-hydroxylation sites is 1. The third kappa shape index (κ3) is 10.7. The van der Waals surface area contributed by atoms with E-state index in [1.165, 1.54) is 12.1 Å². The Labute approximate surface area is 279 Å². The highest BCUT2D eigenvalue weighted by Gasteiger charge is 2.36. The van der Waals surface area contributed by atoms with E-state index in [0.717, 1.165) is 23.3 Å². The maximum absolute atomic E-state index is 13.9. The summed E-state index contributed by atoms with van der Waals surface area (Å²) in [7, 11) is -3.98. The summed E-state index contributed by atoms with van der Waals surface area (Å²) >= 11 is 6.15. The molecule has 1 aliphatic rings. The molecule has 47 heavy (non-hydrogen) atoms. The first-order valence-corrected chi connectivity index (χ1v) is 17.4. The Morgan fingerprint density at radius 3 is 2.43 bits per heavy atom. The summed E-state index contributed by atoms with van der Waals surface area (Å²) in [5.41, 5.74) is 11.6. The van der Waals surface area contributed by atoms with E-state index in [1.807, 2.05) is 24.3 Å². The van der Waals surface area contributed by atoms with E-state index in [2.05, 4.69) is 25.4 Å². The van der Waals surface area contributed by atoms with Crippen molar-refractivity contribution in [2.45, 2.75) is 61.6 Å². The molecule has 1 fully saturated rings. The second-order valence-corrected chi connectivity index (χ2v) is 13.8. The Hall–Kier alpha value is -3.55. The molecule has 1 saturated heterocycles. The molecule has 11 nitrogen and oxygen atoms in total. The van der Waals surface area contributed by atoms with Crippen molar-refractivity contribution in [3.63, 3.8) is 0 Å². The summed E-state index contributed by atoms with van der Waals surface area (Å²) in [6.07, 6.45) is 1.47. The Morgan fingerprint density at radius 2 is 1.77 bits per heavy atom. The number of carbonyl (C=O) groups excluding carboxylic acids is 1. The van der Waals surface area contributed by atoms with Crippen molar-refractivity contribution >= 4 is 33.2 Å². The number of azide groups is 1. The van der Waals surface area contributed by atoms with Crippen LogP contribution in [-0.4, -0.2) is 63.9 Å². The minimum atomic E-state index is -3.98. The van der Waals surface area contributed by atoms with Crippen LogP contribution in [-0.2, 0) is 26.0 Å². The molecular formula is C33H40ClFN6O5S. The predicted octanol–water partition coefficient (Wildman–Crippen LogP) is 5.56. The number of ether oxygens (including phenoxy) is 1. The second-order valence-electron chi connectivity index (χ2n) is 11.6. The van der Waals surface area contributed by atoms with Crippen molar-refractivity contribution in [3.05, 3.63) is 105 Å². The van der Waals surface area contributed by atoms with Crippen LogP contribution in [0.1, 0.15) is 43.2 Å². The summed E-state index contributed by atoms with van der Waals surface area (Å²) in [6.45, 7) is 3.17. The number of halogens is 2. The van der Waals surface area contributed by atoms with E-state index >= 15 is 0 Å². The molecule has 0 saturated carbocycles. The lowest BCUT2D eigenvalue weighted by atomic mass is 9.76. The van der Waals surface area contributed by atoms with Crippen molar-refractivity contribution in [2.24, 2.45) is 11.0 Å². The van der Waals surface area contributed by atoms with E-state index in [-0.39, 0.29) is 23.9 Å². The zero-order chi connectivity index (χ0) is 33.8. The first-order valence-electron chi connectivity index (χ1n) is 15.5. The highest BCUT2D eigenvalue weighted by molar-refractivity contribution is 7.89. The van der Waals surface area contributed by atoms with Crippen molar-refractivity contribution < 1.29 is 27.4 Å². The molecule has 0 radical (unpaired) electrons. The van der Waals surface area contributed by atoms with Crippen LogP contribution in [0, 0.1) is 11.7 Å². The van der Waals surface area contributed by atoms with Gasteiger partial charge in [0.1, 0.15) is 11.9 Å². The van der Waals surface area contributed by atoms with Crippen LogP contribution in [0.2, 0.25) is 5.02 Å². The van der Waals surface area contributed by atoms with Crippen molar-refractivity contribution in [3.8, 4) is 0 Å². The standard InChI is InChI=1S/C33H40ClFN6O5S/c1-22(42)20-37-21-28(40-47(44,45)29-14-11-27(35)12-15-29)13-8-23-4-2-3-5-30(23)38-33(43)32(39-41-36)31(25-16-18-46-19-17-25)24-6-9-26(34)10-7-24/h2-7,9-12,14-15,22,25,28,31-32,37,40,42H,8,13,16-21H2,1H3,(H,38,43)/t22-,28-,31-,32-/m0/s1. The number of aliphatic hydroxyl groups is 1. The SMILES string of the molecule is C[C@H](O)CNC[C@H](CCc1ccccc1NC(=O)[C@@H](N=[N+]=[N-])[C@@H](c1ccc(Cl)cc1)C1CCOCC1)NS(=O)(=O)c1ccc(F)cc1. The van der Waals surface area contributed by atoms with Crippen LogP contribution in [0.3, 0.4) is 0 Å². The van der Waals surface area contributed by atoms with E-state index in [0.29, 0.717) is 49.6 Å². The van der Waals surface area contributed by atoms with E-state index in [9.17, 15) is 28.2 Å². The molecule has 0 spiro atoms. The summed E-state index contributed by atoms with van der Waals surface area (Å²) < 4.78 is 47.9. The van der Waals surface area contributed by atoms with Crippen LogP contribution >= 0.6 is 11.6 Å². The summed E-state index contributed by atoms with van der Waals surface area (Å²) in [6, 6.07) is 17.3. The van der Waals surface area contributed by atoms with Gasteiger partial charge in [0.05, 0.1) is 11.0 Å². The summed E-state index contributed by atoms with van der Waals surface area (Å²) in [5.74, 6) is -1.39. The summed E-state index contributed by atoms with van der Waals surface area (Å²) in [5, 5.41) is 20.3. The lowest BCUT2D eigenvalue weighted by molar-refractivity contribution is -0.118. The zero-order valence-corrected chi connectivity index (χ0v) is 27.6. The Balaban J connectivity index is 1.54. The smallest absolute Gasteiger partial charge is 0.240 e. The molecule has 14 heteroatoms. The van der Waals surface area contributed by atoms with Crippen LogP contribution < -0.4 is 15.4 Å². The number of amides is 1. The topological polar surface area (TPSA) is 166 Å². The van der Waals surface area contributed by atoms with Gasteiger partial charge in [-0.2, -0.15) is 0 Å². The molecule has 4 rings (SSSR count). The number of nitrogens with one attached hydrogen (secondary N) is 3. The fourth-order valence-corrected chi connectivity index (χ4v) is 7.18. The van der Waals surface area contributed by atoms with E-state index in [1.54, 1.807) is 31.2 Å². The molecule has 1 heterocycles. The van der Waals surface area contributed by atoms with E-state index < -0.39 is 45.9 Å². The first-order chi connectivity index (χ1) is 22.6. The molecule has 0 bridgehead atoms. The van der Waals surface area contributed by atoms with Gasteiger partial charge >= 0.3 is 0 Å². The molecule has 4 N–H and O–H groups in total. The van der Waals surface area contributed by atoms with Gasteiger partial charge in [0.25, 0.3) is 0 Å². The van der Waals surface area contributed by atoms with Gasteiger partial charge < -0.3 is 20.5 Å². The lowest BCUT2D eigenvalue weighted by Gasteiger charge is -2.34. The maximum atomic E-state index is 13.9. The van der Waals surface area contributed by atoms with Gasteiger partial charge in [-0.25, -0.2) is 17.5 Å². The van der Waals surface area contributed by atoms with Crippen molar-refractivity contribution in [1.29, 1.82) is 0 Å². The number of sulfonamides is 1. The number of aliphatic hydroxyl groups excluding tert-OH is 1. The van der Waals surface area contributed by atoms with Gasteiger partial charge in [-0.3, -0.25) is 4.79 Å².